The van der Waals surface area contributed by atoms with E-state index in [2.05, 4.69) is 10.6 Å². The number of amides is 2. The molecule has 1 aromatic heterocycles. The highest BCUT2D eigenvalue weighted by molar-refractivity contribution is 5.99. The minimum Gasteiger partial charge on any atom is -0.497 e. The Morgan fingerprint density at radius 2 is 1.59 bits per heavy atom. The molecule has 0 radical (unpaired) electrons. The van der Waals surface area contributed by atoms with Crippen molar-refractivity contribution in [2.45, 2.75) is 6.54 Å². The van der Waals surface area contributed by atoms with Crippen LogP contribution >= 0.6 is 0 Å². The molecule has 0 aliphatic rings. The number of ketones is 1. The summed E-state index contributed by atoms with van der Waals surface area (Å²) in [5.41, 5.74) is 1.26. The Balaban J connectivity index is 1.68. The fourth-order valence-electron chi connectivity index (χ4n) is 2.55. The van der Waals surface area contributed by atoms with Crippen molar-refractivity contribution in [2.24, 2.45) is 0 Å². The number of hydrogen-bond donors (Lipinski definition) is 2. The van der Waals surface area contributed by atoms with Gasteiger partial charge in [-0.1, -0.05) is 36.4 Å². The highest BCUT2D eigenvalue weighted by atomic mass is 16.5. The number of urea groups is 1. The Labute approximate surface area is 157 Å². The van der Waals surface area contributed by atoms with E-state index in [0.29, 0.717) is 22.8 Å². The second-order valence-corrected chi connectivity index (χ2v) is 5.81. The summed E-state index contributed by atoms with van der Waals surface area (Å²) in [6, 6.07) is 21.0. The first kappa shape index (κ1) is 18.1. The van der Waals surface area contributed by atoms with Crippen molar-refractivity contribution in [3.63, 3.8) is 0 Å². The zero-order valence-corrected chi connectivity index (χ0v) is 14.9. The normalized spacial score (nSPS) is 10.1. The van der Waals surface area contributed by atoms with Gasteiger partial charge in [-0.15, -0.1) is 0 Å². The van der Waals surface area contributed by atoms with Gasteiger partial charge in [0.15, 0.2) is 6.54 Å². The predicted octanol–water partition coefficient (Wildman–Crippen LogP) is 3.51. The van der Waals surface area contributed by atoms with Crippen LogP contribution in [0.4, 0.5) is 16.3 Å². The molecule has 0 spiro atoms. The van der Waals surface area contributed by atoms with Gasteiger partial charge in [0.1, 0.15) is 5.75 Å². The number of Topliss-reactive ketones (excluding diaryl/α,β-unsaturated/α-hetero) is 1. The van der Waals surface area contributed by atoms with Gasteiger partial charge < -0.3 is 4.74 Å². The summed E-state index contributed by atoms with van der Waals surface area (Å²) < 4.78 is 6.79. The Bertz CT molecular complexity index is 925. The average molecular weight is 362 g/mol. The van der Waals surface area contributed by atoms with E-state index in [1.807, 2.05) is 24.3 Å². The van der Waals surface area contributed by atoms with Crippen molar-refractivity contribution in [3.8, 4) is 5.75 Å². The number of nitrogens with zero attached hydrogens (tertiary/aromatic N) is 1. The minimum absolute atomic E-state index is 0.0367. The molecule has 1 heterocycles. The molecule has 2 N–H and O–H groups in total. The van der Waals surface area contributed by atoms with Crippen LogP contribution in [-0.2, 0) is 6.54 Å². The molecule has 136 valence electrons. The lowest BCUT2D eigenvalue weighted by Gasteiger charge is -2.07. The molecular weight excluding hydrogens is 342 g/mol. The van der Waals surface area contributed by atoms with Gasteiger partial charge >= 0.3 is 6.03 Å². The third-order valence-corrected chi connectivity index (χ3v) is 3.94. The number of aromatic nitrogens is 1. The third-order valence-electron chi connectivity index (χ3n) is 3.94. The fourth-order valence-corrected chi connectivity index (χ4v) is 2.55. The van der Waals surface area contributed by atoms with Gasteiger partial charge in [-0.3, -0.25) is 10.1 Å². The molecule has 0 unspecified atom stereocenters. The molecule has 0 bridgehead atoms. The second kappa shape index (κ2) is 8.62. The van der Waals surface area contributed by atoms with Crippen LogP contribution in [0, 0.1) is 0 Å². The number of ether oxygens (including phenoxy) is 1. The number of nitrogens with one attached hydrogen (secondary N) is 2. The zero-order chi connectivity index (χ0) is 19.1. The highest BCUT2D eigenvalue weighted by Gasteiger charge is 2.17. The monoisotopic (exact) mass is 362 g/mol. The van der Waals surface area contributed by atoms with E-state index in [0.717, 1.165) is 0 Å². The molecule has 6 nitrogen and oxygen atoms in total. The molecule has 0 saturated carbocycles. The maximum absolute atomic E-state index is 12.4. The van der Waals surface area contributed by atoms with Crippen LogP contribution in [0.1, 0.15) is 10.4 Å². The molecule has 3 rings (SSSR count). The van der Waals surface area contributed by atoms with E-state index < -0.39 is 6.03 Å². The van der Waals surface area contributed by atoms with E-state index >= 15 is 0 Å². The first-order valence-corrected chi connectivity index (χ1v) is 8.44. The topological polar surface area (TPSA) is 71.3 Å². The lowest BCUT2D eigenvalue weighted by molar-refractivity contribution is -0.668. The minimum atomic E-state index is -0.396. The quantitative estimate of drug-likeness (QED) is 0.521. The van der Waals surface area contributed by atoms with Gasteiger partial charge in [0.05, 0.1) is 13.3 Å². The van der Waals surface area contributed by atoms with E-state index in [1.165, 1.54) is 0 Å². The largest absolute Gasteiger partial charge is 0.497 e. The second-order valence-electron chi connectivity index (χ2n) is 5.81. The SMILES string of the molecule is COc1ccc(NC(=O)Nc2cccc[n+]2CC(=O)c2ccccc2)cc1. The van der Waals surface area contributed by atoms with Crippen LogP contribution in [0.15, 0.2) is 79.0 Å². The molecule has 0 saturated heterocycles. The molecular formula is C21H20N3O3+. The molecule has 3 aromatic rings. The molecule has 2 amide bonds. The predicted molar refractivity (Wildman–Crippen MR) is 103 cm³/mol. The summed E-state index contributed by atoms with van der Waals surface area (Å²) in [5.74, 6) is 1.19. The Hall–Kier alpha value is -3.67. The van der Waals surface area contributed by atoms with Crippen molar-refractivity contribution in [3.05, 3.63) is 84.6 Å². The number of carbonyl (C=O) groups excluding carboxylic acids is 2. The lowest BCUT2D eigenvalue weighted by atomic mass is 10.1. The van der Waals surface area contributed by atoms with Crippen LogP contribution in [-0.4, -0.2) is 18.9 Å². The lowest BCUT2D eigenvalue weighted by Crippen LogP contribution is -2.42. The van der Waals surface area contributed by atoms with Crippen molar-refractivity contribution in [2.75, 3.05) is 17.7 Å². The Morgan fingerprint density at radius 1 is 0.889 bits per heavy atom. The first-order valence-electron chi connectivity index (χ1n) is 8.44. The summed E-state index contributed by atoms with van der Waals surface area (Å²) in [6.45, 7) is 0.128. The van der Waals surface area contributed by atoms with Gasteiger partial charge in [-0.2, -0.15) is 5.32 Å². The highest BCUT2D eigenvalue weighted by Crippen LogP contribution is 2.15. The smallest absolute Gasteiger partial charge is 0.411 e. The van der Waals surface area contributed by atoms with E-state index in [4.69, 9.17) is 4.74 Å². The standard InChI is InChI=1S/C21H19N3O3/c1-27-18-12-10-17(11-13-18)22-21(26)23-20-9-5-6-14-24(20)15-19(25)16-7-3-2-4-8-16/h2-14H,15H2,1H3,(H,22,26)/p+1. The van der Waals surface area contributed by atoms with E-state index in [-0.39, 0.29) is 12.3 Å². The summed E-state index contributed by atoms with van der Waals surface area (Å²) in [5, 5.41) is 5.52. The summed E-state index contributed by atoms with van der Waals surface area (Å²) in [7, 11) is 1.58. The van der Waals surface area contributed by atoms with Gasteiger partial charge in [-0.05, 0) is 30.3 Å². The molecule has 0 atom stereocenters. The maximum Gasteiger partial charge on any atom is 0.411 e. The third kappa shape index (κ3) is 4.92. The van der Waals surface area contributed by atoms with E-state index in [1.54, 1.807) is 66.4 Å². The number of benzene rings is 2. The number of pyridine rings is 1. The summed E-state index contributed by atoms with van der Waals surface area (Å²) in [4.78, 5) is 24.7. The van der Waals surface area contributed by atoms with Gasteiger partial charge in [0.2, 0.25) is 5.78 Å². The van der Waals surface area contributed by atoms with Crippen LogP contribution in [0.2, 0.25) is 0 Å². The molecule has 0 fully saturated rings. The number of carbonyl (C=O) groups is 2. The molecule has 0 aliphatic heterocycles. The van der Waals surface area contributed by atoms with Crippen LogP contribution < -0.4 is 19.9 Å². The average Bonchev–Trinajstić information content (AvgIpc) is 2.70. The number of methoxy groups -OCH3 is 1. The fraction of sp³-hybridized carbons (Fsp3) is 0.0952. The number of hydrogen-bond acceptors (Lipinski definition) is 3. The van der Waals surface area contributed by atoms with Gasteiger partial charge in [0.25, 0.3) is 5.82 Å². The number of rotatable bonds is 6. The summed E-state index contributed by atoms with van der Waals surface area (Å²) in [6.07, 6.45) is 1.75. The molecule has 6 heteroatoms. The van der Waals surface area contributed by atoms with Crippen molar-refractivity contribution in [1.29, 1.82) is 0 Å². The molecule has 27 heavy (non-hydrogen) atoms. The maximum atomic E-state index is 12.4. The summed E-state index contributed by atoms with van der Waals surface area (Å²) >= 11 is 0. The number of anilines is 2. The zero-order valence-electron chi connectivity index (χ0n) is 14.9. The molecule has 2 aromatic carbocycles. The first-order chi connectivity index (χ1) is 13.2. The van der Waals surface area contributed by atoms with Crippen LogP contribution in [0.5, 0.6) is 5.75 Å². The van der Waals surface area contributed by atoms with Gasteiger partial charge in [-0.25, -0.2) is 9.36 Å². The Morgan fingerprint density at radius 3 is 2.30 bits per heavy atom. The Kier molecular flexibility index (Phi) is 5.79. The molecule has 0 aliphatic carbocycles. The van der Waals surface area contributed by atoms with Crippen molar-refractivity contribution < 1.29 is 18.9 Å². The van der Waals surface area contributed by atoms with Crippen molar-refractivity contribution in [1.82, 2.24) is 0 Å². The van der Waals surface area contributed by atoms with Crippen LogP contribution in [0.25, 0.3) is 0 Å². The van der Waals surface area contributed by atoms with Gasteiger partial charge in [0, 0.05) is 17.3 Å². The van der Waals surface area contributed by atoms with Crippen LogP contribution in [0.3, 0.4) is 0 Å². The van der Waals surface area contributed by atoms with E-state index in [9.17, 15) is 9.59 Å². The van der Waals surface area contributed by atoms with Crippen molar-refractivity contribution >= 4 is 23.3 Å².